The smallest absolute Gasteiger partial charge is 0.228 e. The predicted octanol–water partition coefficient (Wildman–Crippen LogP) is 8.23. The van der Waals surface area contributed by atoms with Crippen LogP contribution in [-0.4, -0.2) is 11.7 Å². The van der Waals surface area contributed by atoms with Gasteiger partial charge in [0.05, 0.1) is 6.42 Å². The Hall–Kier alpha value is -3.28. The van der Waals surface area contributed by atoms with Crippen molar-refractivity contribution in [2.24, 2.45) is 0 Å². The van der Waals surface area contributed by atoms with Gasteiger partial charge in [0, 0.05) is 27.2 Å². The summed E-state index contributed by atoms with van der Waals surface area (Å²) in [4.78, 5) is 13.9. The molecular formula is C28H23ClFNO2S. The molecule has 0 atom stereocenters. The Morgan fingerprint density at radius 2 is 1.76 bits per heavy atom. The Morgan fingerprint density at radius 1 is 0.971 bits per heavy atom. The van der Waals surface area contributed by atoms with E-state index >= 15 is 0 Å². The number of nitrogens with one attached hydrogen (secondary N) is 1. The number of thioether (sulfide) groups is 1. The van der Waals surface area contributed by atoms with Crippen molar-refractivity contribution >= 4 is 35.0 Å². The Bertz CT molecular complexity index is 1290. The number of amides is 1. The molecule has 1 amide bonds. The molecule has 6 heteroatoms. The molecule has 0 aliphatic rings. The molecule has 4 aromatic rings. The summed E-state index contributed by atoms with van der Waals surface area (Å²) in [7, 11) is 0. The van der Waals surface area contributed by atoms with Crippen LogP contribution < -0.4 is 10.1 Å². The Labute approximate surface area is 207 Å². The zero-order chi connectivity index (χ0) is 23.9. The van der Waals surface area contributed by atoms with E-state index in [9.17, 15) is 9.18 Å². The maximum Gasteiger partial charge on any atom is 0.228 e. The number of halogens is 2. The SMILES string of the molecule is CCSc1ccc(CC(=O)Nc2ccc(-c3cccc(F)c3)c(Oc3cccc(Cl)c3)c2)cc1. The number of hydrogen-bond acceptors (Lipinski definition) is 3. The highest BCUT2D eigenvalue weighted by Crippen LogP contribution is 2.36. The van der Waals surface area contributed by atoms with Gasteiger partial charge in [0.1, 0.15) is 17.3 Å². The first-order valence-electron chi connectivity index (χ1n) is 10.8. The first kappa shape index (κ1) is 23.9. The predicted molar refractivity (Wildman–Crippen MR) is 139 cm³/mol. The van der Waals surface area contributed by atoms with E-state index in [1.54, 1.807) is 60.3 Å². The van der Waals surface area contributed by atoms with E-state index in [1.807, 2.05) is 30.3 Å². The fourth-order valence-electron chi connectivity index (χ4n) is 3.50. The minimum absolute atomic E-state index is 0.136. The first-order chi connectivity index (χ1) is 16.5. The van der Waals surface area contributed by atoms with Crippen molar-refractivity contribution in [3.63, 3.8) is 0 Å². The largest absolute Gasteiger partial charge is 0.457 e. The quantitative estimate of drug-likeness (QED) is 0.252. The van der Waals surface area contributed by atoms with Crippen LogP contribution in [0.25, 0.3) is 11.1 Å². The lowest BCUT2D eigenvalue weighted by molar-refractivity contribution is -0.115. The number of rotatable bonds is 8. The van der Waals surface area contributed by atoms with Crippen molar-refractivity contribution in [2.45, 2.75) is 18.2 Å². The molecule has 172 valence electrons. The molecule has 0 saturated heterocycles. The highest BCUT2D eigenvalue weighted by Gasteiger charge is 2.12. The number of benzene rings is 4. The number of carbonyl (C=O) groups excluding carboxylic acids is 1. The van der Waals surface area contributed by atoms with Crippen LogP contribution in [0.15, 0.2) is 95.9 Å². The van der Waals surface area contributed by atoms with Gasteiger partial charge in [-0.15, -0.1) is 11.8 Å². The summed E-state index contributed by atoms with van der Waals surface area (Å²) in [5.74, 6) is 1.55. The monoisotopic (exact) mass is 491 g/mol. The van der Waals surface area contributed by atoms with Crippen LogP contribution in [0.4, 0.5) is 10.1 Å². The van der Waals surface area contributed by atoms with Gasteiger partial charge in [-0.3, -0.25) is 4.79 Å². The van der Waals surface area contributed by atoms with Crippen LogP contribution in [0.3, 0.4) is 0 Å². The van der Waals surface area contributed by atoms with Crippen molar-refractivity contribution in [3.8, 4) is 22.6 Å². The van der Waals surface area contributed by atoms with E-state index in [0.29, 0.717) is 33.3 Å². The number of anilines is 1. The number of hydrogen-bond donors (Lipinski definition) is 1. The fourth-order valence-corrected chi connectivity index (χ4v) is 4.34. The van der Waals surface area contributed by atoms with Crippen LogP contribution in [0.5, 0.6) is 11.5 Å². The summed E-state index contributed by atoms with van der Waals surface area (Å²) in [6.07, 6.45) is 0.257. The average Bonchev–Trinajstić information content (AvgIpc) is 2.81. The molecule has 0 aromatic heterocycles. The molecular weight excluding hydrogens is 469 g/mol. The molecule has 0 unspecified atom stereocenters. The third kappa shape index (κ3) is 6.40. The lowest BCUT2D eigenvalue weighted by atomic mass is 10.0. The summed E-state index contributed by atoms with van der Waals surface area (Å²) < 4.78 is 20.0. The molecule has 4 rings (SSSR count). The van der Waals surface area contributed by atoms with Gasteiger partial charge in [-0.25, -0.2) is 4.39 Å². The molecule has 0 aliphatic heterocycles. The second-order valence-electron chi connectivity index (χ2n) is 7.58. The number of carbonyl (C=O) groups is 1. The van der Waals surface area contributed by atoms with Gasteiger partial charge in [0.25, 0.3) is 0 Å². The van der Waals surface area contributed by atoms with Gasteiger partial charge in [0.2, 0.25) is 5.91 Å². The number of ether oxygens (including phenoxy) is 1. The van der Waals surface area contributed by atoms with Crippen molar-refractivity contribution in [1.29, 1.82) is 0 Å². The van der Waals surface area contributed by atoms with Crippen molar-refractivity contribution in [3.05, 3.63) is 107 Å². The summed E-state index contributed by atoms with van der Waals surface area (Å²) in [5.41, 5.74) is 2.88. The standard InChI is InChI=1S/C28H23ClFNO2S/c1-2-34-25-12-9-19(10-13-25)15-28(32)31-23-11-14-26(20-5-3-7-22(30)16-20)27(18-23)33-24-8-4-6-21(29)17-24/h3-14,16-18H,2,15H2,1H3,(H,31,32). The van der Waals surface area contributed by atoms with Gasteiger partial charge in [0.15, 0.2) is 0 Å². The molecule has 3 nitrogen and oxygen atoms in total. The van der Waals surface area contributed by atoms with Crippen molar-refractivity contribution < 1.29 is 13.9 Å². The average molecular weight is 492 g/mol. The highest BCUT2D eigenvalue weighted by atomic mass is 35.5. The molecule has 0 fully saturated rings. The normalized spacial score (nSPS) is 10.7. The maximum atomic E-state index is 13.9. The van der Waals surface area contributed by atoms with Crippen LogP contribution >= 0.6 is 23.4 Å². The lowest BCUT2D eigenvalue weighted by Gasteiger charge is -2.14. The minimum atomic E-state index is -0.341. The zero-order valence-electron chi connectivity index (χ0n) is 18.6. The molecule has 0 saturated carbocycles. The van der Waals surface area contributed by atoms with Crippen molar-refractivity contribution in [2.75, 3.05) is 11.1 Å². The second-order valence-corrected chi connectivity index (χ2v) is 9.36. The molecule has 0 aliphatic carbocycles. The second kappa shape index (κ2) is 11.2. The molecule has 0 spiro atoms. The minimum Gasteiger partial charge on any atom is -0.457 e. The van der Waals surface area contributed by atoms with Gasteiger partial charge in [-0.05, 0) is 71.5 Å². The van der Waals surface area contributed by atoms with Crippen molar-refractivity contribution in [1.82, 2.24) is 0 Å². The van der Waals surface area contributed by atoms with Gasteiger partial charge < -0.3 is 10.1 Å². The first-order valence-corrected chi connectivity index (χ1v) is 12.2. The zero-order valence-corrected chi connectivity index (χ0v) is 20.1. The van der Waals surface area contributed by atoms with E-state index in [2.05, 4.69) is 12.2 Å². The molecule has 0 radical (unpaired) electrons. The summed E-state index contributed by atoms with van der Waals surface area (Å²) in [5, 5.41) is 3.47. The third-order valence-corrected chi connectivity index (χ3v) is 6.15. The van der Waals surface area contributed by atoms with E-state index in [0.717, 1.165) is 11.3 Å². The van der Waals surface area contributed by atoms with Gasteiger partial charge >= 0.3 is 0 Å². The summed E-state index contributed by atoms with van der Waals surface area (Å²) in [6, 6.07) is 26.6. The topological polar surface area (TPSA) is 38.3 Å². The molecule has 0 bridgehead atoms. The highest BCUT2D eigenvalue weighted by molar-refractivity contribution is 7.99. The van der Waals surface area contributed by atoms with Crippen LogP contribution in [0, 0.1) is 5.82 Å². The van der Waals surface area contributed by atoms with Gasteiger partial charge in [-0.2, -0.15) is 0 Å². The molecule has 34 heavy (non-hydrogen) atoms. The fraction of sp³-hybridized carbons (Fsp3) is 0.107. The maximum absolute atomic E-state index is 13.9. The summed E-state index contributed by atoms with van der Waals surface area (Å²) >= 11 is 7.87. The lowest BCUT2D eigenvalue weighted by Crippen LogP contribution is -2.14. The Balaban J connectivity index is 1.57. The van der Waals surface area contributed by atoms with E-state index in [4.69, 9.17) is 16.3 Å². The third-order valence-electron chi connectivity index (χ3n) is 5.02. The van der Waals surface area contributed by atoms with Crippen LogP contribution in [0.1, 0.15) is 12.5 Å². The molecule has 1 N–H and O–H groups in total. The van der Waals surface area contributed by atoms with E-state index in [1.165, 1.54) is 17.0 Å². The van der Waals surface area contributed by atoms with Gasteiger partial charge in [-0.1, -0.05) is 48.9 Å². The van der Waals surface area contributed by atoms with Crippen LogP contribution in [-0.2, 0) is 11.2 Å². The molecule has 0 heterocycles. The Kier molecular flexibility index (Phi) is 7.88. The molecule has 4 aromatic carbocycles. The Morgan fingerprint density at radius 3 is 2.50 bits per heavy atom. The van der Waals surface area contributed by atoms with E-state index in [-0.39, 0.29) is 18.1 Å². The van der Waals surface area contributed by atoms with E-state index < -0.39 is 0 Å². The summed E-state index contributed by atoms with van der Waals surface area (Å²) in [6.45, 7) is 2.11. The van der Waals surface area contributed by atoms with Crippen LogP contribution in [0.2, 0.25) is 5.02 Å².